The molecule has 1 aliphatic carbocycles. The normalized spacial score (nSPS) is 16.9. The molecule has 2 rings (SSSR count). The molecule has 1 saturated carbocycles. The van der Waals surface area contributed by atoms with Crippen LogP contribution >= 0.6 is 0 Å². The molecule has 1 N–H and O–H groups in total. The highest BCUT2D eigenvalue weighted by Gasteiger charge is 2.31. The SMILES string of the molecule is CN(CC(=O)N(C)CCC1(O)CCCC1)Cc1ccncc1. The van der Waals surface area contributed by atoms with Crippen LogP contribution in [-0.4, -0.2) is 58.6 Å². The van der Waals surface area contributed by atoms with Gasteiger partial charge in [0.2, 0.25) is 5.91 Å². The second-order valence-electron chi connectivity index (χ2n) is 6.52. The monoisotopic (exact) mass is 305 g/mol. The van der Waals surface area contributed by atoms with Gasteiger partial charge in [0.05, 0.1) is 12.1 Å². The quantitative estimate of drug-likeness (QED) is 0.832. The standard InChI is InChI=1S/C17H27N3O2/c1-19(13-15-5-10-18-11-6-15)14-16(21)20(2)12-9-17(22)7-3-4-8-17/h5-6,10-11,22H,3-4,7-9,12-14H2,1-2H3. The van der Waals surface area contributed by atoms with E-state index in [2.05, 4.69) is 4.98 Å². The lowest BCUT2D eigenvalue weighted by molar-refractivity contribution is -0.131. The summed E-state index contributed by atoms with van der Waals surface area (Å²) in [5.74, 6) is 0.0955. The van der Waals surface area contributed by atoms with Gasteiger partial charge in [-0.15, -0.1) is 0 Å². The number of carbonyl (C=O) groups is 1. The largest absolute Gasteiger partial charge is 0.390 e. The molecule has 0 saturated heterocycles. The third kappa shape index (κ3) is 5.07. The Morgan fingerprint density at radius 1 is 1.27 bits per heavy atom. The average molecular weight is 305 g/mol. The van der Waals surface area contributed by atoms with E-state index < -0.39 is 5.60 Å². The summed E-state index contributed by atoms with van der Waals surface area (Å²) < 4.78 is 0. The van der Waals surface area contributed by atoms with Crippen molar-refractivity contribution in [2.45, 2.75) is 44.2 Å². The van der Waals surface area contributed by atoms with Crippen LogP contribution in [0.15, 0.2) is 24.5 Å². The molecular weight excluding hydrogens is 278 g/mol. The lowest BCUT2D eigenvalue weighted by atomic mass is 9.98. The zero-order valence-electron chi connectivity index (χ0n) is 13.7. The van der Waals surface area contributed by atoms with Gasteiger partial charge in [-0.1, -0.05) is 12.8 Å². The summed E-state index contributed by atoms with van der Waals surface area (Å²) in [6.45, 7) is 1.74. The topological polar surface area (TPSA) is 56.7 Å². The van der Waals surface area contributed by atoms with Crippen LogP contribution < -0.4 is 0 Å². The minimum Gasteiger partial charge on any atom is -0.390 e. The highest BCUT2D eigenvalue weighted by Crippen LogP contribution is 2.32. The van der Waals surface area contributed by atoms with Gasteiger partial charge in [0.1, 0.15) is 0 Å². The summed E-state index contributed by atoms with van der Waals surface area (Å²) in [5, 5.41) is 10.3. The maximum absolute atomic E-state index is 12.2. The smallest absolute Gasteiger partial charge is 0.236 e. The van der Waals surface area contributed by atoms with Crippen LogP contribution in [0, 0.1) is 0 Å². The first-order valence-electron chi connectivity index (χ1n) is 8.02. The van der Waals surface area contributed by atoms with E-state index in [1.54, 1.807) is 17.3 Å². The number of rotatable bonds is 7. The Labute approximate surface area is 132 Å². The molecule has 0 atom stereocenters. The maximum Gasteiger partial charge on any atom is 0.236 e. The summed E-state index contributed by atoms with van der Waals surface area (Å²) in [6.07, 6.45) is 8.15. The number of likely N-dealkylation sites (N-methyl/N-ethyl adjacent to an activating group) is 2. The Balaban J connectivity index is 1.73. The summed E-state index contributed by atoms with van der Waals surface area (Å²) in [4.78, 5) is 20.0. The third-order valence-corrected chi connectivity index (χ3v) is 4.48. The van der Waals surface area contributed by atoms with Crippen molar-refractivity contribution in [1.82, 2.24) is 14.8 Å². The molecule has 1 aliphatic rings. The Morgan fingerprint density at radius 2 is 1.91 bits per heavy atom. The fraction of sp³-hybridized carbons (Fsp3) is 0.647. The number of hydrogen-bond donors (Lipinski definition) is 1. The molecule has 1 aromatic rings. The second-order valence-corrected chi connectivity index (χ2v) is 6.52. The number of pyridine rings is 1. The summed E-state index contributed by atoms with van der Waals surface area (Å²) in [7, 11) is 3.76. The van der Waals surface area contributed by atoms with Crippen LogP contribution in [0.5, 0.6) is 0 Å². The molecule has 5 nitrogen and oxygen atoms in total. The van der Waals surface area contributed by atoms with Gasteiger partial charge in [-0.2, -0.15) is 0 Å². The predicted octanol–water partition coefficient (Wildman–Crippen LogP) is 1.67. The lowest BCUT2D eigenvalue weighted by Crippen LogP contribution is -2.39. The van der Waals surface area contributed by atoms with Crippen LogP contribution in [0.1, 0.15) is 37.7 Å². The maximum atomic E-state index is 12.2. The first-order valence-corrected chi connectivity index (χ1v) is 8.02. The average Bonchev–Trinajstić information content (AvgIpc) is 2.93. The number of aliphatic hydroxyl groups is 1. The van der Waals surface area contributed by atoms with Crippen LogP contribution in [0.2, 0.25) is 0 Å². The van der Waals surface area contributed by atoms with Gasteiger partial charge in [-0.3, -0.25) is 14.7 Å². The molecule has 1 fully saturated rings. The number of hydrogen-bond acceptors (Lipinski definition) is 4. The Hall–Kier alpha value is -1.46. The van der Waals surface area contributed by atoms with Crippen LogP contribution in [0.4, 0.5) is 0 Å². The Kier molecular flexibility index (Phi) is 5.91. The van der Waals surface area contributed by atoms with Gasteiger partial charge in [-0.05, 0) is 44.0 Å². The molecule has 0 aromatic carbocycles. The lowest BCUT2D eigenvalue weighted by Gasteiger charge is -2.27. The first-order chi connectivity index (χ1) is 10.5. The van der Waals surface area contributed by atoms with E-state index in [9.17, 15) is 9.90 Å². The van der Waals surface area contributed by atoms with Crippen LogP contribution in [-0.2, 0) is 11.3 Å². The molecule has 0 unspecified atom stereocenters. The van der Waals surface area contributed by atoms with Gasteiger partial charge >= 0.3 is 0 Å². The molecule has 1 amide bonds. The van der Waals surface area contributed by atoms with Crippen molar-refractivity contribution in [3.8, 4) is 0 Å². The van der Waals surface area contributed by atoms with E-state index in [-0.39, 0.29) is 5.91 Å². The van der Waals surface area contributed by atoms with Crippen molar-refractivity contribution in [1.29, 1.82) is 0 Å². The van der Waals surface area contributed by atoms with E-state index in [0.717, 1.165) is 37.8 Å². The van der Waals surface area contributed by atoms with Crippen molar-refractivity contribution in [2.24, 2.45) is 0 Å². The fourth-order valence-electron chi connectivity index (χ4n) is 2.99. The molecule has 1 heterocycles. The second kappa shape index (κ2) is 7.70. The molecule has 0 aliphatic heterocycles. The van der Waals surface area contributed by atoms with Crippen LogP contribution in [0.25, 0.3) is 0 Å². The highest BCUT2D eigenvalue weighted by molar-refractivity contribution is 5.77. The zero-order chi connectivity index (χ0) is 16.0. The number of amides is 1. The minimum atomic E-state index is -0.544. The molecule has 0 bridgehead atoms. The van der Waals surface area contributed by atoms with Crippen molar-refractivity contribution < 1.29 is 9.90 Å². The predicted molar refractivity (Wildman–Crippen MR) is 86.2 cm³/mol. The van der Waals surface area contributed by atoms with Crippen molar-refractivity contribution in [3.63, 3.8) is 0 Å². The zero-order valence-corrected chi connectivity index (χ0v) is 13.7. The molecular formula is C17H27N3O2. The highest BCUT2D eigenvalue weighted by atomic mass is 16.3. The summed E-state index contributed by atoms with van der Waals surface area (Å²) in [5.41, 5.74) is 0.602. The third-order valence-electron chi connectivity index (χ3n) is 4.48. The molecule has 0 radical (unpaired) electrons. The molecule has 122 valence electrons. The molecule has 1 aromatic heterocycles. The van der Waals surface area contributed by atoms with Gasteiger partial charge in [0, 0.05) is 32.5 Å². The molecule has 5 heteroatoms. The van der Waals surface area contributed by atoms with Gasteiger partial charge in [0.15, 0.2) is 0 Å². The first kappa shape index (κ1) is 16.9. The molecule has 0 spiro atoms. The number of aromatic nitrogens is 1. The summed E-state index contributed by atoms with van der Waals surface area (Å²) >= 11 is 0. The van der Waals surface area contributed by atoms with Gasteiger partial charge in [-0.25, -0.2) is 0 Å². The van der Waals surface area contributed by atoms with E-state index in [4.69, 9.17) is 0 Å². The van der Waals surface area contributed by atoms with Crippen molar-refractivity contribution >= 4 is 5.91 Å². The van der Waals surface area contributed by atoms with E-state index in [1.165, 1.54) is 0 Å². The Morgan fingerprint density at radius 3 is 2.55 bits per heavy atom. The van der Waals surface area contributed by atoms with E-state index in [0.29, 0.717) is 19.5 Å². The number of nitrogens with zero attached hydrogens (tertiary/aromatic N) is 3. The van der Waals surface area contributed by atoms with Gasteiger partial charge in [0.25, 0.3) is 0 Å². The van der Waals surface area contributed by atoms with Crippen molar-refractivity contribution in [3.05, 3.63) is 30.1 Å². The minimum absolute atomic E-state index is 0.0955. The van der Waals surface area contributed by atoms with Crippen LogP contribution in [0.3, 0.4) is 0 Å². The molecule has 22 heavy (non-hydrogen) atoms. The van der Waals surface area contributed by atoms with E-state index >= 15 is 0 Å². The van der Waals surface area contributed by atoms with E-state index in [1.807, 2.05) is 31.1 Å². The fourth-order valence-corrected chi connectivity index (χ4v) is 2.99. The van der Waals surface area contributed by atoms with Gasteiger partial charge < -0.3 is 10.0 Å². The van der Waals surface area contributed by atoms with Crippen molar-refractivity contribution in [2.75, 3.05) is 27.2 Å². The Bertz CT molecular complexity index is 472. The summed E-state index contributed by atoms with van der Waals surface area (Å²) in [6, 6.07) is 3.92. The number of carbonyl (C=O) groups excluding carboxylic acids is 1.